The molecule has 47 heavy (non-hydrogen) atoms. The van der Waals surface area contributed by atoms with Crippen molar-refractivity contribution in [3.05, 3.63) is 132 Å². The van der Waals surface area contributed by atoms with Gasteiger partial charge < -0.3 is 4.90 Å². The quantitative estimate of drug-likeness (QED) is 0.173. The van der Waals surface area contributed by atoms with E-state index in [0.717, 1.165) is 0 Å². The van der Waals surface area contributed by atoms with Crippen LogP contribution in [0.4, 0.5) is 17.1 Å². The van der Waals surface area contributed by atoms with Gasteiger partial charge in [0.25, 0.3) is 0 Å². The average molecular weight is 624 g/mol. The number of thiophene rings is 1. The van der Waals surface area contributed by atoms with Gasteiger partial charge >= 0.3 is 0 Å². The lowest BCUT2D eigenvalue weighted by atomic mass is 9.36. The average Bonchev–Trinajstić information content (AvgIpc) is 3.60. The summed E-state index contributed by atoms with van der Waals surface area (Å²) in [7, 11) is 0. The maximum atomic E-state index is 2.64. The van der Waals surface area contributed by atoms with Crippen molar-refractivity contribution >= 4 is 71.7 Å². The molecule has 3 heteroatoms. The Morgan fingerprint density at radius 2 is 1.19 bits per heavy atom. The van der Waals surface area contributed by atoms with E-state index in [2.05, 4.69) is 168 Å². The summed E-state index contributed by atoms with van der Waals surface area (Å²) in [5, 5.41) is 2.68. The van der Waals surface area contributed by atoms with Gasteiger partial charge in [0, 0.05) is 37.2 Å². The molecule has 0 aliphatic carbocycles. The van der Waals surface area contributed by atoms with Gasteiger partial charge in [-0.1, -0.05) is 138 Å². The highest BCUT2D eigenvalue weighted by molar-refractivity contribution is 7.25. The first kappa shape index (κ1) is 28.6. The van der Waals surface area contributed by atoms with Gasteiger partial charge in [-0.3, -0.25) is 0 Å². The monoisotopic (exact) mass is 623 g/mol. The summed E-state index contributed by atoms with van der Waals surface area (Å²) in [6.07, 6.45) is 0. The second-order valence-corrected chi connectivity index (χ2v) is 16.5. The van der Waals surface area contributed by atoms with Crippen molar-refractivity contribution in [2.45, 2.75) is 52.4 Å². The minimum Gasteiger partial charge on any atom is -0.311 e. The van der Waals surface area contributed by atoms with E-state index in [1.54, 1.807) is 0 Å². The standard InChI is InChI=1S/C44H38BNS/c1-43(2,3)33-16-9-11-20-37(33)46-38-25-28(27-22-23-31-30-15-8-12-21-39(30)47-40(31)26-27)24-32-29-14-7-10-18-35(29)45(41(32)38)36-19-13-17-34(42(36)46)44(4,5)6/h7-26H,1-6H3. The maximum Gasteiger partial charge on any atom is 0.248 e. The Labute approximate surface area is 282 Å². The molecule has 0 N–H and O–H groups in total. The number of hydrogen-bond acceptors (Lipinski definition) is 2. The van der Waals surface area contributed by atoms with Crippen molar-refractivity contribution in [2.24, 2.45) is 0 Å². The molecular weight excluding hydrogens is 585 g/mol. The molecule has 1 nitrogen and oxygen atoms in total. The molecule has 9 rings (SSSR count). The van der Waals surface area contributed by atoms with Gasteiger partial charge in [0.1, 0.15) is 0 Å². The molecule has 3 heterocycles. The molecule has 6 aromatic carbocycles. The number of para-hydroxylation sites is 2. The van der Waals surface area contributed by atoms with Crippen LogP contribution in [0.25, 0.3) is 42.4 Å². The number of nitrogens with zero attached hydrogens (tertiary/aromatic N) is 1. The van der Waals surface area contributed by atoms with Crippen LogP contribution in [-0.4, -0.2) is 6.71 Å². The Hall–Kier alpha value is -4.60. The van der Waals surface area contributed by atoms with Crippen LogP contribution in [0.5, 0.6) is 0 Å². The summed E-state index contributed by atoms with van der Waals surface area (Å²) < 4.78 is 2.68. The SMILES string of the molecule is CC(C)(C)c1ccccc1N1c2cc(-c3ccc4c(c3)sc3ccccc34)cc3c2B(c2ccccc2-3)c2cccc(C(C)(C)C)c21. The Morgan fingerprint density at radius 3 is 2.02 bits per heavy atom. The van der Waals surface area contributed by atoms with Gasteiger partial charge in [-0.2, -0.15) is 0 Å². The van der Waals surface area contributed by atoms with Crippen LogP contribution in [0.15, 0.2) is 121 Å². The molecule has 0 spiro atoms. The molecule has 7 aromatic rings. The van der Waals surface area contributed by atoms with Crippen LogP contribution in [-0.2, 0) is 10.8 Å². The Morgan fingerprint density at radius 1 is 0.511 bits per heavy atom. The first-order valence-electron chi connectivity index (χ1n) is 16.8. The molecule has 2 aliphatic rings. The molecule has 1 aromatic heterocycles. The number of fused-ring (bicyclic) bond motifs is 8. The molecule has 0 atom stereocenters. The van der Waals surface area contributed by atoms with Gasteiger partial charge in [-0.05, 0) is 85.5 Å². The molecule has 228 valence electrons. The second kappa shape index (κ2) is 9.95. The molecule has 0 saturated carbocycles. The first-order chi connectivity index (χ1) is 22.6. The molecule has 0 bridgehead atoms. The van der Waals surface area contributed by atoms with Gasteiger partial charge in [-0.15, -0.1) is 11.3 Å². The predicted molar refractivity (Wildman–Crippen MR) is 207 cm³/mol. The fourth-order valence-electron chi connectivity index (χ4n) is 8.22. The third-order valence-corrected chi connectivity index (χ3v) is 11.5. The highest BCUT2D eigenvalue weighted by Gasteiger charge is 2.45. The predicted octanol–water partition coefficient (Wildman–Crippen LogP) is 10.6. The Kier molecular flexibility index (Phi) is 6.06. The molecule has 0 fully saturated rings. The fourth-order valence-corrected chi connectivity index (χ4v) is 9.36. The number of benzene rings is 6. The van der Waals surface area contributed by atoms with Crippen LogP contribution in [0.1, 0.15) is 52.7 Å². The van der Waals surface area contributed by atoms with E-state index in [1.807, 2.05) is 11.3 Å². The molecule has 0 unspecified atom stereocenters. The minimum atomic E-state index is -0.0391. The van der Waals surface area contributed by atoms with Crippen LogP contribution < -0.4 is 21.3 Å². The Balaban J connectivity index is 1.39. The van der Waals surface area contributed by atoms with Crippen molar-refractivity contribution in [3.8, 4) is 22.3 Å². The van der Waals surface area contributed by atoms with Crippen molar-refractivity contribution in [1.29, 1.82) is 0 Å². The molecule has 0 amide bonds. The van der Waals surface area contributed by atoms with Crippen molar-refractivity contribution in [3.63, 3.8) is 0 Å². The van der Waals surface area contributed by atoms with E-state index < -0.39 is 0 Å². The summed E-state index contributed by atoms with van der Waals surface area (Å²) in [6.45, 7) is 14.3. The van der Waals surface area contributed by atoms with Gasteiger partial charge in [-0.25, -0.2) is 0 Å². The summed E-state index contributed by atoms with van der Waals surface area (Å²) >= 11 is 1.89. The van der Waals surface area contributed by atoms with Crippen LogP contribution in [0, 0.1) is 0 Å². The van der Waals surface area contributed by atoms with E-state index in [4.69, 9.17) is 0 Å². The van der Waals surface area contributed by atoms with E-state index in [-0.39, 0.29) is 17.5 Å². The maximum absolute atomic E-state index is 2.64. The second-order valence-electron chi connectivity index (χ2n) is 15.4. The summed E-state index contributed by atoms with van der Waals surface area (Å²) in [5.41, 5.74) is 16.1. The van der Waals surface area contributed by atoms with Gasteiger partial charge in [0.2, 0.25) is 6.71 Å². The third-order valence-electron chi connectivity index (χ3n) is 10.3. The summed E-state index contributed by atoms with van der Waals surface area (Å²) in [4.78, 5) is 2.64. The smallest absolute Gasteiger partial charge is 0.248 e. The first-order valence-corrected chi connectivity index (χ1v) is 17.6. The Bertz CT molecular complexity index is 2400. The van der Waals surface area contributed by atoms with E-state index in [9.17, 15) is 0 Å². The van der Waals surface area contributed by atoms with Crippen molar-refractivity contribution < 1.29 is 0 Å². The van der Waals surface area contributed by atoms with Gasteiger partial charge in [0.15, 0.2) is 0 Å². The topological polar surface area (TPSA) is 3.24 Å². The van der Waals surface area contributed by atoms with Gasteiger partial charge in [0.05, 0.1) is 0 Å². The third kappa shape index (κ3) is 4.22. The number of hydrogen-bond donors (Lipinski definition) is 0. The molecule has 2 aliphatic heterocycles. The summed E-state index contributed by atoms with van der Waals surface area (Å²) in [5.74, 6) is 0. The number of anilines is 3. The lowest BCUT2D eigenvalue weighted by Crippen LogP contribution is -2.55. The van der Waals surface area contributed by atoms with Crippen molar-refractivity contribution in [2.75, 3.05) is 4.90 Å². The lowest BCUT2D eigenvalue weighted by Gasteiger charge is -2.41. The van der Waals surface area contributed by atoms with E-state index in [0.29, 0.717) is 0 Å². The van der Waals surface area contributed by atoms with Crippen LogP contribution in [0.3, 0.4) is 0 Å². The largest absolute Gasteiger partial charge is 0.311 e. The van der Waals surface area contributed by atoms with Crippen LogP contribution >= 0.6 is 11.3 Å². The normalized spacial score (nSPS) is 13.7. The summed E-state index contributed by atoms with van der Waals surface area (Å²) in [6, 6.07) is 46.1. The molecule has 0 saturated heterocycles. The van der Waals surface area contributed by atoms with Crippen molar-refractivity contribution in [1.82, 2.24) is 0 Å². The molecular formula is C44H38BNS. The zero-order chi connectivity index (χ0) is 32.2. The highest BCUT2D eigenvalue weighted by Crippen LogP contribution is 2.48. The fraction of sp³-hybridized carbons (Fsp3) is 0.182. The zero-order valence-electron chi connectivity index (χ0n) is 28.0. The molecule has 0 radical (unpaired) electrons. The van der Waals surface area contributed by atoms with E-state index >= 15 is 0 Å². The highest BCUT2D eigenvalue weighted by atomic mass is 32.1. The number of rotatable bonds is 2. The van der Waals surface area contributed by atoms with Crippen LogP contribution in [0.2, 0.25) is 0 Å². The minimum absolute atomic E-state index is 0.0275. The lowest BCUT2D eigenvalue weighted by molar-refractivity contribution is 0.587. The van der Waals surface area contributed by atoms with E-state index in [1.165, 1.54) is 87.0 Å². The zero-order valence-corrected chi connectivity index (χ0v) is 28.8.